The van der Waals surface area contributed by atoms with E-state index in [0.29, 0.717) is 30.8 Å². The van der Waals surface area contributed by atoms with Gasteiger partial charge in [0.25, 0.3) is 0 Å². The maximum Gasteiger partial charge on any atom is 0.338 e. The van der Waals surface area contributed by atoms with Gasteiger partial charge in [0.1, 0.15) is 0 Å². The van der Waals surface area contributed by atoms with Gasteiger partial charge in [-0.3, -0.25) is 4.79 Å². The van der Waals surface area contributed by atoms with Crippen molar-refractivity contribution in [3.8, 4) is 0 Å². The Labute approximate surface area is 119 Å². The molecule has 0 spiro atoms. The molecular formula is C13H19ClN2O3. The van der Waals surface area contributed by atoms with Crippen molar-refractivity contribution >= 4 is 30.0 Å². The molecule has 1 rings (SSSR count). The molecule has 0 fully saturated rings. The Morgan fingerprint density at radius 2 is 1.84 bits per heavy atom. The van der Waals surface area contributed by atoms with Crippen LogP contribution >= 0.6 is 12.4 Å². The summed E-state index contributed by atoms with van der Waals surface area (Å²) in [5.41, 5.74) is 1.15. The van der Waals surface area contributed by atoms with E-state index in [-0.39, 0.29) is 24.3 Å². The van der Waals surface area contributed by atoms with Crippen LogP contribution in [0.15, 0.2) is 24.3 Å². The molecule has 1 aromatic rings. The molecule has 0 saturated carbocycles. The summed E-state index contributed by atoms with van der Waals surface area (Å²) in [7, 11) is 1.79. The standard InChI is InChI=1S/C13H18N2O3.ClH/c1-3-18-13(17)10-4-6-11(7-5-10)15-12(16)8-9-14-2;/h4-7,14H,3,8-9H2,1-2H3,(H,15,16);1H. The number of hydrogen-bond donors (Lipinski definition) is 2. The first kappa shape index (κ1) is 17.4. The summed E-state index contributed by atoms with van der Waals surface area (Å²) in [6, 6.07) is 6.63. The maximum atomic E-state index is 11.4. The third kappa shape index (κ3) is 6.22. The molecule has 0 saturated heterocycles. The lowest BCUT2D eigenvalue weighted by molar-refractivity contribution is -0.116. The first-order valence-electron chi connectivity index (χ1n) is 5.89. The van der Waals surface area contributed by atoms with Gasteiger partial charge in [-0.1, -0.05) is 0 Å². The van der Waals surface area contributed by atoms with E-state index in [2.05, 4.69) is 10.6 Å². The molecule has 6 heteroatoms. The predicted octanol–water partition coefficient (Wildman–Crippen LogP) is 1.83. The average molecular weight is 287 g/mol. The Kier molecular flexibility index (Phi) is 8.57. The summed E-state index contributed by atoms with van der Waals surface area (Å²) in [5, 5.41) is 5.64. The number of carbonyl (C=O) groups excluding carboxylic acids is 2. The molecule has 0 heterocycles. The van der Waals surface area contributed by atoms with E-state index in [1.54, 1.807) is 38.2 Å². The van der Waals surface area contributed by atoms with Crippen LogP contribution in [0.1, 0.15) is 23.7 Å². The summed E-state index contributed by atoms with van der Waals surface area (Å²) < 4.78 is 4.87. The summed E-state index contributed by atoms with van der Waals surface area (Å²) in [6.07, 6.45) is 0.413. The minimum Gasteiger partial charge on any atom is -0.462 e. The second-order valence-electron chi connectivity index (χ2n) is 3.70. The monoisotopic (exact) mass is 286 g/mol. The highest BCUT2D eigenvalue weighted by Crippen LogP contribution is 2.10. The number of anilines is 1. The average Bonchev–Trinajstić information content (AvgIpc) is 2.37. The smallest absolute Gasteiger partial charge is 0.338 e. The zero-order chi connectivity index (χ0) is 13.4. The van der Waals surface area contributed by atoms with Crippen LogP contribution in [0.2, 0.25) is 0 Å². The van der Waals surface area contributed by atoms with Crippen LogP contribution in [0.4, 0.5) is 5.69 Å². The normalized spacial score (nSPS) is 9.37. The van der Waals surface area contributed by atoms with Crippen molar-refractivity contribution in [2.45, 2.75) is 13.3 Å². The fraction of sp³-hybridized carbons (Fsp3) is 0.385. The number of carbonyl (C=O) groups is 2. The van der Waals surface area contributed by atoms with Gasteiger partial charge in [-0.25, -0.2) is 4.79 Å². The third-order valence-electron chi connectivity index (χ3n) is 2.28. The Hall–Kier alpha value is -1.59. The molecule has 0 aliphatic rings. The van der Waals surface area contributed by atoms with Crippen molar-refractivity contribution in [2.24, 2.45) is 0 Å². The summed E-state index contributed by atoms with van der Waals surface area (Å²) >= 11 is 0. The number of amides is 1. The zero-order valence-corrected chi connectivity index (χ0v) is 11.9. The largest absolute Gasteiger partial charge is 0.462 e. The number of halogens is 1. The van der Waals surface area contributed by atoms with Crippen LogP contribution in [0.5, 0.6) is 0 Å². The second kappa shape index (κ2) is 9.35. The molecule has 0 unspecified atom stereocenters. The molecular weight excluding hydrogens is 268 g/mol. The van der Waals surface area contributed by atoms with Crippen LogP contribution in [0.3, 0.4) is 0 Å². The number of hydrogen-bond acceptors (Lipinski definition) is 4. The fourth-order valence-corrected chi connectivity index (χ4v) is 1.37. The van der Waals surface area contributed by atoms with Crippen LogP contribution in [-0.2, 0) is 9.53 Å². The Morgan fingerprint density at radius 3 is 2.37 bits per heavy atom. The molecule has 5 nitrogen and oxygen atoms in total. The lowest BCUT2D eigenvalue weighted by Gasteiger charge is -2.06. The van der Waals surface area contributed by atoms with Crippen molar-refractivity contribution < 1.29 is 14.3 Å². The van der Waals surface area contributed by atoms with E-state index in [1.165, 1.54) is 0 Å². The van der Waals surface area contributed by atoms with Crippen molar-refractivity contribution in [1.29, 1.82) is 0 Å². The van der Waals surface area contributed by atoms with Crippen LogP contribution in [0.25, 0.3) is 0 Å². The highest BCUT2D eigenvalue weighted by molar-refractivity contribution is 5.93. The molecule has 0 bridgehead atoms. The van der Waals surface area contributed by atoms with E-state index in [9.17, 15) is 9.59 Å². The fourth-order valence-electron chi connectivity index (χ4n) is 1.37. The molecule has 0 aromatic heterocycles. The number of rotatable bonds is 6. The molecule has 0 aliphatic heterocycles. The van der Waals surface area contributed by atoms with Crippen LogP contribution in [-0.4, -0.2) is 32.1 Å². The van der Waals surface area contributed by atoms with Crippen LogP contribution in [0, 0.1) is 0 Å². The van der Waals surface area contributed by atoms with E-state index in [4.69, 9.17) is 4.74 Å². The summed E-state index contributed by atoms with van der Waals surface area (Å²) in [4.78, 5) is 22.9. The van der Waals surface area contributed by atoms with Gasteiger partial charge in [0.05, 0.1) is 12.2 Å². The van der Waals surface area contributed by atoms with Gasteiger partial charge in [-0.2, -0.15) is 0 Å². The Balaban J connectivity index is 0.00000324. The Morgan fingerprint density at radius 1 is 1.21 bits per heavy atom. The maximum absolute atomic E-state index is 11.4. The zero-order valence-electron chi connectivity index (χ0n) is 11.1. The third-order valence-corrected chi connectivity index (χ3v) is 2.28. The molecule has 106 valence electrons. The van der Waals surface area contributed by atoms with Gasteiger partial charge in [-0.15, -0.1) is 12.4 Å². The lowest BCUT2D eigenvalue weighted by Crippen LogP contribution is -2.18. The van der Waals surface area contributed by atoms with E-state index >= 15 is 0 Å². The van der Waals surface area contributed by atoms with Gasteiger partial charge in [0.15, 0.2) is 0 Å². The van der Waals surface area contributed by atoms with Gasteiger partial charge >= 0.3 is 5.97 Å². The first-order valence-corrected chi connectivity index (χ1v) is 5.89. The van der Waals surface area contributed by atoms with Gasteiger partial charge in [0.2, 0.25) is 5.91 Å². The first-order chi connectivity index (χ1) is 8.67. The van der Waals surface area contributed by atoms with Gasteiger partial charge < -0.3 is 15.4 Å². The number of benzene rings is 1. The summed E-state index contributed by atoms with van der Waals surface area (Å²) in [6.45, 7) is 2.74. The SMILES string of the molecule is CCOC(=O)c1ccc(NC(=O)CCNC)cc1.Cl. The molecule has 0 aliphatic carbocycles. The van der Waals surface area contributed by atoms with E-state index < -0.39 is 0 Å². The van der Waals surface area contributed by atoms with Gasteiger partial charge in [-0.05, 0) is 38.2 Å². The van der Waals surface area contributed by atoms with Crippen molar-refractivity contribution in [1.82, 2.24) is 5.32 Å². The highest BCUT2D eigenvalue weighted by atomic mass is 35.5. The molecule has 1 amide bonds. The van der Waals surface area contributed by atoms with Crippen LogP contribution < -0.4 is 10.6 Å². The minimum absolute atomic E-state index is 0. The highest BCUT2D eigenvalue weighted by Gasteiger charge is 2.06. The second-order valence-corrected chi connectivity index (χ2v) is 3.70. The lowest BCUT2D eigenvalue weighted by atomic mass is 10.2. The number of ether oxygens (including phenoxy) is 1. The van der Waals surface area contributed by atoms with Gasteiger partial charge in [0, 0.05) is 18.7 Å². The number of esters is 1. The van der Waals surface area contributed by atoms with E-state index in [1.807, 2.05) is 0 Å². The molecule has 19 heavy (non-hydrogen) atoms. The quantitative estimate of drug-likeness (QED) is 0.783. The van der Waals surface area contributed by atoms with Crippen molar-refractivity contribution in [2.75, 3.05) is 25.5 Å². The van der Waals surface area contributed by atoms with Crippen molar-refractivity contribution in [3.05, 3.63) is 29.8 Å². The summed E-state index contributed by atoms with van der Waals surface area (Å²) in [5.74, 6) is -0.418. The molecule has 1 aromatic carbocycles. The van der Waals surface area contributed by atoms with Crippen molar-refractivity contribution in [3.63, 3.8) is 0 Å². The molecule has 2 N–H and O–H groups in total. The molecule has 0 radical (unpaired) electrons. The number of nitrogens with one attached hydrogen (secondary N) is 2. The molecule has 0 atom stereocenters. The predicted molar refractivity (Wildman–Crippen MR) is 76.8 cm³/mol. The Bertz CT molecular complexity index is 407. The minimum atomic E-state index is -0.356. The van der Waals surface area contributed by atoms with E-state index in [0.717, 1.165) is 0 Å². The topological polar surface area (TPSA) is 67.4 Å².